The van der Waals surface area contributed by atoms with Crippen molar-refractivity contribution in [2.75, 3.05) is 26.6 Å². The summed E-state index contributed by atoms with van der Waals surface area (Å²) < 4.78 is 42.1. The Morgan fingerprint density at radius 2 is 1.71 bits per heavy atom. The number of nitrogens with one attached hydrogen (secondary N) is 1. The number of aryl methyl sites for hydroxylation is 2. The van der Waals surface area contributed by atoms with Gasteiger partial charge in [0.05, 0.1) is 44.2 Å². The lowest BCUT2D eigenvalue weighted by Gasteiger charge is -2.13. The molecule has 0 fully saturated rings. The van der Waals surface area contributed by atoms with E-state index < -0.39 is 15.7 Å². The number of sulfone groups is 1. The molecule has 0 saturated heterocycles. The molecule has 0 saturated carbocycles. The van der Waals surface area contributed by atoms with E-state index in [4.69, 9.17) is 14.2 Å². The van der Waals surface area contributed by atoms with Gasteiger partial charge < -0.3 is 19.5 Å². The minimum atomic E-state index is -3.30. The lowest BCUT2D eigenvalue weighted by atomic mass is 10.1. The number of nitrogens with zero attached hydrogens (tertiary/aromatic N) is 2. The fourth-order valence-corrected chi connectivity index (χ4v) is 5.61. The highest BCUT2D eigenvalue weighted by molar-refractivity contribution is 7.90. The third-order valence-electron chi connectivity index (χ3n) is 5.72. The zero-order chi connectivity index (χ0) is 25.3. The molecular formula is C25H27N3O6S. The third kappa shape index (κ3) is 4.88. The number of aromatic nitrogens is 2. The van der Waals surface area contributed by atoms with Crippen molar-refractivity contribution in [2.24, 2.45) is 0 Å². The lowest BCUT2D eigenvalue weighted by molar-refractivity contribution is -0.111. The van der Waals surface area contributed by atoms with Crippen LogP contribution >= 0.6 is 0 Å². The molecule has 1 aliphatic rings. The van der Waals surface area contributed by atoms with Crippen molar-refractivity contribution in [1.82, 2.24) is 9.78 Å². The normalized spacial score (nSPS) is 14.1. The van der Waals surface area contributed by atoms with E-state index in [0.717, 1.165) is 16.8 Å². The Morgan fingerprint density at radius 1 is 1.03 bits per heavy atom. The molecule has 10 heteroatoms. The van der Waals surface area contributed by atoms with E-state index in [1.165, 1.54) is 27.4 Å². The van der Waals surface area contributed by atoms with E-state index >= 15 is 0 Å². The second-order valence-electron chi connectivity index (χ2n) is 8.29. The second-order valence-corrected chi connectivity index (χ2v) is 10.4. The van der Waals surface area contributed by atoms with Gasteiger partial charge in [0.1, 0.15) is 5.82 Å². The molecule has 0 spiro atoms. The Kier molecular flexibility index (Phi) is 6.58. The van der Waals surface area contributed by atoms with E-state index in [2.05, 4.69) is 10.4 Å². The molecule has 0 unspecified atom stereocenters. The number of hydrogen-bond acceptors (Lipinski definition) is 7. The Hall–Kier alpha value is -3.79. The van der Waals surface area contributed by atoms with E-state index in [0.29, 0.717) is 39.9 Å². The Bertz CT molecular complexity index is 1410. The molecule has 1 N–H and O–H groups in total. The molecule has 2 aromatic carbocycles. The van der Waals surface area contributed by atoms with Crippen molar-refractivity contribution in [1.29, 1.82) is 0 Å². The average molecular weight is 498 g/mol. The first-order valence-corrected chi connectivity index (χ1v) is 12.7. The maximum atomic E-state index is 12.9. The van der Waals surface area contributed by atoms with E-state index in [1.807, 2.05) is 32.0 Å². The molecule has 0 radical (unpaired) electrons. The van der Waals surface area contributed by atoms with Crippen molar-refractivity contribution in [3.63, 3.8) is 0 Å². The van der Waals surface area contributed by atoms with Gasteiger partial charge in [-0.25, -0.2) is 13.1 Å². The molecule has 1 amide bonds. The van der Waals surface area contributed by atoms with Gasteiger partial charge in [0, 0.05) is 11.6 Å². The number of carbonyl (C=O) groups excluding carboxylic acids is 1. The monoisotopic (exact) mass is 497 g/mol. The van der Waals surface area contributed by atoms with Gasteiger partial charge in [-0.05, 0) is 49.2 Å². The van der Waals surface area contributed by atoms with Gasteiger partial charge in [-0.15, -0.1) is 0 Å². The van der Waals surface area contributed by atoms with Gasteiger partial charge in [0.15, 0.2) is 21.3 Å². The fourth-order valence-electron chi connectivity index (χ4n) is 4.12. The molecule has 35 heavy (non-hydrogen) atoms. The topological polar surface area (TPSA) is 109 Å². The van der Waals surface area contributed by atoms with Crippen LogP contribution < -0.4 is 19.5 Å². The standard InChI is InChI=1S/C25H27N3O6S/c1-15-6-8-20(16(2)10-15)28-25(18-13-35(30,31)14-19(18)27-28)26-23(29)9-7-17-11-21(32-3)24(34-5)22(12-17)33-4/h6-12H,13-14H2,1-5H3,(H,26,29)/b9-7-. The first-order valence-electron chi connectivity index (χ1n) is 10.8. The van der Waals surface area contributed by atoms with Gasteiger partial charge in [0.25, 0.3) is 0 Å². The van der Waals surface area contributed by atoms with Gasteiger partial charge in [-0.3, -0.25) is 4.79 Å². The molecule has 4 rings (SSSR count). The smallest absolute Gasteiger partial charge is 0.249 e. The number of anilines is 1. The SMILES string of the molecule is COc1cc(/C=C\C(=O)Nc2c3c(nn2-c2ccc(C)cc2C)CS(=O)(=O)C3)cc(OC)c1OC. The zero-order valence-corrected chi connectivity index (χ0v) is 21.0. The van der Waals surface area contributed by atoms with Crippen LogP contribution in [0.3, 0.4) is 0 Å². The van der Waals surface area contributed by atoms with Crippen LogP contribution in [0.4, 0.5) is 5.82 Å². The summed E-state index contributed by atoms with van der Waals surface area (Å²) in [4.78, 5) is 12.9. The highest BCUT2D eigenvalue weighted by atomic mass is 32.2. The van der Waals surface area contributed by atoms with Gasteiger partial charge in [-0.2, -0.15) is 5.10 Å². The Morgan fingerprint density at radius 3 is 2.31 bits per heavy atom. The summed E-state index contributed by atoms with van der Waals surface area (Å²) in [5, 5.41) is 7.38. The Balaban J connectivity index is 1.68. The third-order valence-corrected chi connectivity index (χ3v) is 7.17. The first-order chi connectivity index (χ1) is 16.7. The van der Waals surface area contributed by atoms with Crippen LogP contribution in [-0.4, -0.2) is 45.4 Å². The second kappa shape index (κ2) is 9.46. The van der Waals surface area contributed by atoms with Gasteiger partial charge in [0.2, 0.25) is 11.7 Å². The molecule has 1 aliphatic heterocycles. The number of hydrogen-bond donors (Lipinski definition) is 1. The summed E-state index contributed by atoms with van der Waals surface area (Å²) >= 11 is 0. The summed E-state index contributed by atoms with van der Waals surface area (Å²) in [6, 6.07) is 9.30. The maximum absolute atomic E-state index is 12.9. The fraction of sp³-hybridized carbons (Fsp3) is 0.280. The zero-order valence-electron chi connectivity index (χ0n) is 20.2. The molecule has 3 aromatic rings. The highest BCUT2D eigenvalue weighted by Crippen LogP contribution is 2.38. The molecule has 184 valence electrons. The number of fused-ring (bicyclic) bond motifs is 1. The summed E-state index contributed by atoms with van der Waals surface area (Å²) in [6.07, 6.45) is 2.96. The number of benzene rings is 2. The number of ether oxygens (including phenoxy) is 3. The van der Waals surface area contributed by atoms with Gasteiger partial charge >= 0.3 is 0 Å². The highest BCUT2D eigenvalue weighted by Gasteiger charge is 2.33. The number of rotatable bonds is 7. The van der Waals surface area contributed by atoms with Crippen molar-refractivity contribution in [2.45, 2.75) is 25.4 Å². The molecule has 0 atom stereocenters. The van der Waals surface area contributed by atoms with Crippen LogP contribution in [-0.2, 0) is 26.1 Å². The first kappa shape index (κ1) is 24.3. The molecule has 9 nitrogen and oxygen atoms in total. The Labute approximate surface area is 204 Å². The van der Waals surface area contributed by atoms with Crippen molar-refractivity contribution in [3.05, 3.63) is 64.4 Å². The van der Waals surface area contributed by atoms with Gasteiger partial charge in [-0.1, -0.05) is 17.7 Å². The van der Waals surface area contributed by atoms with E-state index in [9.17, 15) is 13.2 Å². The van der Waals surface area contributed by atoms with E-state index in [1.54, 1.807) is 22.9 Å². The minimum absolute atomic E-state index is 0.148. The number of amides is 1. The van der Waals surface area contributed by atoms with Crippen LogP contribution in [0.5, 0.6) is 17.2 Å². The summed E-state index contributed by atoms with van der Waals surface area (Å²) in [6.45, 7) is 3.94. The van der Waals surface area contributed by atoms with Crippen LogP contribution in [0.15, 0.2) is 36.4 Å². The van der Waals surface area contributed by atoms with Crippen LogP contribution in [0.2, 0.25) is 0 Å². The molecule has 0 bridgehead atoms. The van der Waals surface area contributed by atoms with Crippen molar-refractivity contribution < 1.29 is 27.4 Å². The van der Waals surface area contributed by atoms with E-state index in [-0.39, 0.29) is 11.5 Å². The van der Waals surface area contributed by atoms with Crippen molar-refractivity contribution >= 4 is 27.6 Å². The summed E-state index contributed by atoms with van der Waals surface area (Å²) in [7, 11) is 1.24. The predicted octanol–water partition coefficient (Wildman–Crippen LogP) is 3.60. The molecule has 1 aromatic heterocycles. The summed E-state index contributed by atoms with van der Waals surface area (Å²) in [5.41, 5.74) is 4.44. The predicted molar refractivity (Wildman–Crippen MR) is 133 cm³/mol. The number of methoxy groups -OCH3 is 3. The van der Waals surface area contributed by atoms with Crippen molar-refractivity contribution in [3.8, 4) is 22.9 Å². The van der Waals surface area contributed by atoms with Crippen LogP contribution in [0.25, 0.3) is 11.8 Å². The quantitative estimate of drug-likeness (QED) is 0.497. The van der Waals surface area contributed by atoms with Crippen LogP contribution in [0.1, 0.15) is 27.9 Å². The minimum Gasteiger partial charge on any atom is -0.493 e. The summed E-state index contributed by atoms with van der Waals surface area (Å²) in [5.74, 6) is 0.977. The molecule has 0 aliphatic carbocycles. The molecular weight excluding hydrogens is 470 g/mol. The largest absolute Gasteiger partial charge is 0.493 e. The maximum Gasteiger partial charge on any atom is 0.249 e. The number of carbonyl (C=O) groups is 1. The lowest BCUT2D eigenvalue weighted by Crippen LogP contribution is -2.15. The average Bonchev–Trinajstić information content (AvgIpc) is 3.28. The van der Waals surface area contributed by atoms with Crippen LogP contribution in [0, 0.1) is 13.8 Å². The molecule has 2 heterocycles.